The number of para-hydroxylation sites is 1. The van der Waals surface area contributed by atoms with Crippen molar-refractivity contribution in [3.63, 3.8) is 0 Å². The molecule has 0 bridgehead atoms. The molecule has 2 aromatic rings. The molecule has 2 rings (SSSR count). The minimum absolute atomic E-state index is 0.192. The first kappa shape index (κ1) is 15.6. The van der Waals surface area contributed by atoms with Gasteiger partial charge in [-0.3, -0.25) is 4.79 Å². The fourth-order valence-corrected chi connectivity index (χ4v) is 2.01. The number of rotatable bonds is 5. The number of methoxy groups -OCH3 is 1. The molecule has 0 aromatic heterocycles. The van der Waals surface area contributed by atoms with Crippen molar-refractivity contribution in [1.29, 1.82) is 0 Å². The van der Waals surface area contributed by atoms with Crippen LogP contribution in [0.25, 0.3) is 0 Å². The highest BCUT2D eigenvalue weighted by atomic mass is 16.5. The summed E-state index contributed by atoms with van der Waals surface area (Å²) in [4.78, 5) is 12.2. The van der Waals surface area contributed by atoms with Gasteiger partial charge in [0.15, 0.2) is 0 Å². The van der Waals surface area contributed by atoms with Crippen LogP contribution < -0.4 is 10.2 Å². The molecule has 0 spiro atoms. The van der Waals surface area contributed by atoms with Gasteiger partial charge < -0.3 is 9.84 Å². The quantitative estimate of drug-likeness (QED) is 0.658. The second kappa shape index (κ2) is 7.26. The third kappa shape index (κ3) is 3.63. The summed E-state index contributed by atoms with van der Waals surface area (Å²) in [5.74, 6) is 0.359. The molecule has 0 radical (unpaired) electrons. The van der Waals surface area contributed by atoms with Crippen molar-refractivity contribution in [2.45, 2.75) is 13.3 Å². The van der Waals surface area contributed by atoms with Gasteiger partial charge in [-0.25, -0.2) is 5.43 Å². The zero-order chi connectivity index (χ0) is 15.9. The molecular weight excluding hydrogens is 280 g/mol. The number of nitrogens with zero attached hydrogens (tertiary/aromatic N) is 1. The molecule has 0 saturated carbocycles. The van der Waals surface area contributed by atoms with Crippen molar-refractivity contribution < 1.29 is 14.6 Å². The van der Waals surface area contributed by atoms with Gasteiger partial charge in [-0.2, -0.15) is 5.10 Å². The number of hydrogen-bond acceptors (Lipinski definition) is 4. The first-order valence-electron chi connectivity index (χ1n) is 6.95. The van der Waals surface area contributed by atoms with Gasteiger partial charge in [0.2, 0.25) is 0 Å². The average molecular weight is 298 g/mol. The largest absolute Gasteiger partial charge is 0.508 e. The van der Waals surface area contributed by atoms with Gasteiger partial charge in [0.05, 0.1) is 18.4 Å². The summed E-state index contributed by atoms with van der Waals surface area (Å²) in [6.07, 6.45) is 0.650. The van der Waals surface area contributed by atoms with Crippen LogP contribution >= 0.6 is 0 Å². The lowest BCUT2D eigenvalue weighted by molar-refractivity contribution is 0.0952. The standard InChI is InChI=1S/C17H18N2O3/c1-3-15(12-8-10-13(20)11-9-12)18-19-17(21)14-6-4-5-7-16(14)22-2/h4-11,20H,3H2,1-2H3,(H,19,21)/b18-15+. The number of carbonyl (C=O) groups excluding carboxylic acids is 1. The maximum absolute atomic E-state index is 12.2. The van der Waals surface area contributed by atoms with Gasteiger partial charge in [-0.15, -0.1) is 0 Å². The minimum atomic E-state index is -0.331. The van der Waals surface area contributed by atoms with Crippen LogP contribution in [0.1, 0.15) is 29.3 Å². The van der Waals surface area contributed by atoms with Gasteiger partial charge in [0, 0.05) is 0 Å². The zero-order valence-corrected chi connectivity index (χ0v) is 12.5. The molecule has 0 unspecified atom stereocenters. The Morgan fingerprint density at radius 2 is 1.86 bits per heavy atom. The van der Waals surface area contributed by atoms with E-state index in [-0.39, 0.29) is 11.7 Å². The summed E-state index contributed by atoms with van der Waals surface area (Å²) in [6.45, 7) is 1.95. The Labute approximate surface area is 129 Å². The third-order valence-corrected chi connectivity index (χ3v) is 3.18. The van der Waals surface area contributed by atoms with Gasteiger partial charge in [0.1, 0.15) is 11.5 Å². The van der Waals surface area contributed by atoms with Gasteiger partial charge in [-0.05, 0) is 48.4 Å². The third-order valence-electron chi connectivity index (χ3n) is 3.18. The molecule has 0 saturated heterocycles. The Bertz CT molecular complexity index is 679. The van der Waals surface area contributed by atoms with E-state index in [0.717, 1.165) is 11.3 Å². The van der Waals surface area contributed by atoms with Crippen molar-refractivity contribution in [1.82, 2.24) is 5.43 Å². The Hall–Kier alpha value is -2.82. The van der Waals surface area contributed by atoms with E-state index in [4.69, 9.17) is 4.74 Å². The number of hydrogen-bond donors (Lipinski definition) is 2. The summed E-state index contributed by atoms with van der Waals surface area (Å²) in [7, 11) is 1.52. The van der Waals surface area contributed by atoms with E-state index in [0.29, 0.717) is 17.7 Å². The number of benzene rings is 2. The van der Waals surface area contributed by atoms with E-state index < -0.39 is 0 Å². The van der Waals surface area contributed by atoms with Gasteiger partial charge >= 0.3 is 0 Å². The lowest BCUT2D eigenvalue weighted by Gasteiger charge is -2.08. The maximum atomic E-state index is 12.2. The van der Waals surface area contributed by atoms with Crippen LogP contribution in [0.4, 0.5) is 0 Å². The lowest BCUT2D eigenvalue weighted by atomic mass is 10.1. The molecular formula is C17H18N2O3. The normalized spacial score (nSPS) is 11.1. The van der Waals surface area contributed by atoms with Crippen molar-refractivity contribution >= 4 is 11.6 Å². The monoisotopic (exact) mass is 298 g/mol. The molecule has 2 aromatic carbocycles. The van der Waals surface area contributed by atoms with Crippen molar-refractivity contribution in [2.75, 3.05) is 7.11 Å². The second-order valence-electron chi connectivity index (χ2n) is 4.60. The molecule has 5 nitrogen and oxygen atoms in total. The molecule has 0 fully saturated rings. The Morgan fingerprint density at radius 1 is 1.18 bits per heavy atom. The second-order valence-corrected chi connectivity index (χ2v) is 4.60. The SMILES string of the molecule is CC/C(=N\NC(=O)c1ccccc1OC)c1ccc(O)cc1. The fourth-order valence-electron chi connectivity index (χ4n) is 2.01. The summed E-state index contributed by atoms with van der Waals surface area (Å²) >= 11 is 0. The predicted molar refractivity (Wildman–Crippen MR) is 85.4 cm³/mol. The Morgan fingerprint density at radius 3 is 2.50 bits per heavy atom. The highest BCUT2D eigenvalue weighted by Gasteiger charge is 2.11. The number of carbonyl (C=O) groups is 1. The van der Waals surface area contributed by atoms with Crippen LogP contribution in [0.2, 0.25) is 0 Å². The molecule has 0 heterocycles. The van der Waals surface area contributed by atoms with Crippen LogP contribution in [0.15, 0.2) is 53.6 Å². The van der Waals surface area contributed by atoms with E-state index in [1.54, 1.807) is 48.5 Å². The number of phenols is 1. The number of phenolic OH excluding ortho intramolecular Hbond substituents is 1. The fraction of sp³-hybridized carbons (Fsp3) is 0.176. The van der Waals surface area contributed by atoms with E-state index in [9.17, 15) is 9.90 Å². The number of nitrogens with one attached hydrogen (secondary N) is 1. The average Bonchev–Trinajstić information content (AvgIpc) is 2.56. The van der Waals surface area contributed by atoms with Crippen LogP contribution in [0.3, 0.4) is 0 Å². The number of ether oxygens (including phenoxy) is 1. The number of aromatic hydroxyl groups is 1. The van der Waals surface area contributed by atoms with Crippen LogP contribution in [-0.2, 0) is 0 Å². The highest BCUT2D eigenvalue weighted by molar-refractivity contribution is 6.02. The van der Waals surface area contributed by atoms with E-state index in [1.165, 1.54) is 7.11 Å². The molecule has 1 amide bonds. The molecule has 2 N–H and O–H groups in total. The molecule has 22 heavy (non-hydrogen) atoms. The van der Waals surface area contributed by atoms with Crippen LogP contribution in [0.5, 0.6) is 11.5 Å². The topological polar surface area (TPSA) is 70.9 Å². The molecule has 0 aliphatic heterocycles. The van der Waals surface area contributed by atoms with Gasteiger partial charge in [0.25, 0.3) is 5.91 Å². The van der Waals surface area contributed by atoms with Crippen LogP contribution in [-0.4, -0.2) is 23.8 Å². The molecule has 114 valence electrons. The van der Waals surface area contributed by atoms with Crippen LogP contribution in [0, 0.1) is 0 Å². The minimum Gasteiger partial charge on any atom is -0.508 e. The maximum Gasteiger partial charge on any atom is 0.275 e. The summed E-state index contributed by atoms with van der Waals surface area (Å²) in [5, 5.41) is 13.5. The summed E-state index contributed by atoms with van der Waals surface area (Å²) in [6, 6.07) is 13.6. The van der Waals surface area contributed by atoms with Crippen molar-refractivity contribution in [3.8, 4) is 11.5 Å². The van der Waals surface area contributed by atoms with E-state index in [1.807, 2.05) is 6.92 Å². The predicted octanol–water partition coefficient (Wildman–Crippen LogP) is 2.94. The Kier molecular flexibility index (Phi) is 5.14. The van der Waals surface area contributed by atoms with Crippen molar-refractivity contribution in [3.05, 3.63) is 59.7 Å². The Balaban J connectivity index is 2.18. The highest BCUT2D eigenvalue weighted by Crippen LogP contribution is 2.17. The smallest absolute Gasteiger partial charge is 0.275 e. The molecule has 0 aliphatic rings. The molecule has 0 atom stereocenters. The number of amides is 1. The summed E-state index contributed by atoms with van der Waals surface area (Å²) in [5.41, 5.74) is 4.54. The van der Waals surface area contributed by atoms with Crippen molar-refractivity contribution in [2.24, 2.45) is 5.10 Å². The summed E-state index contributed by atoms with van der Waals surface area (Å²) < 4.78 is 5.16. The number of hydrazone groups is 1. The molecule has 0 aliphatic carbocycles. The zero-order valence-electron chi connectivity index (χ0n) is 12.5. The molecule has 5 heteroatoms. The lowest BCUT2D eigenvalue weighted by Crippen LogP contribution is -2.20. The van der Waals surface area contributed by atoms with E-state index >= 15 is 0 Å². The first-order valence-corrected chi connectivity index (χ1v) is 6.95. The first-order chi connectivity index (χ1) is 10.7. The van der Waals surface area contributed by atoms with Gasteiger partial charge in [-0.1, -0.05) is 19.1 Å². The van der Waals surface area contributed by atoms with E-state index in [2.05, 4.69) is 10.5 Å².